The van der Waals surface area contributed by atoms with Gasteiger partial charge in [0.05, 0.1) is 18.4 Å². The molecule has 3 aromatic rings. The molecule has 0 bridgehead atoms. The maximum atomic E-state index is 13.4. The molecule has 7 nitrogen and oxygen atoms in total. The Labute approximate surface area is 217 Å². The van der Waals surface area contributed by atoms with Gasteiger partial charge in [0.25, 0.3) is 16.1 Å². The molecule has 9 heteroatoms. The van der Waals surface area contributed by atoms with E-state index in [2.05, 4.69) is 14.8 Å². The summed E-state index contributed by atoms with van der Waals surface area (Å²) >= 11 is 0. The molecule has 0 saturated heterocycles. The first-order chi connectivity index (χ1) is 17.8. The number of anilines is 1. The van der Waals surface area contributed by atoms with Crippen LogP contribution in [-0.4, -0.2) is 33.5 Å². The Morgan fingerprint density at radius 1 is 0.973 bits per heavy atom. The monoisotopic (exact) mass is 525 g/mol. The zero-order valence-electron chi connectivity index (χ0n) is 20.7. The lowest BCUT2D eigenvalue weighted by Gasteiger charge is -2.34. The van der Waals surface area contributed by atoms with Gasteiger partial charge in [-0.3, -0.25) is 9.52 Å². The summed E-state index contributed by atoms with van der Waals surface area (Å²) in [4.78, 5) is 13.2. The van der Waals surface area contributed by atoms with Crippen molar-refractivity contribution in [3.05, 3.63) is 95.8 Å². The van der Waals surface area contributed by atoms with E-state index in [1.165, 1.54) is 18.2 Å². The molecule has 0 spiro atoms. The molecule has 0 aliphatic heterocycles. The van der Waals surface area contributed by atoms with Gasteiger partial charge in [-0.15, -0.1) is 0 Å². The first-order valence-electron chi connectivity index (χ1n) is 12.4. The van der Waals surface area contributed by atoms with E-state index in [9.17, 15) is 17.6 Å². The van der Waals surface area contributed by atoms with Crippen molar-refractivity contribution in [2.24, 2.45) is 5.92 Å². The summed E-state index contributed by atoms with van der Waals surface area (Å²) < 4.78 is 49.0. The highest BCUT2D eigenvalue weighted by Crippen LogP contribution is 2.30. The van der Waals surface area contributed by atoms with Gasteiger partial charge in [0.1, 0.15) is 11.6 Å². The fourth-order valence-electron chi connectivity index (χ4n) is 4.88. The van der Waals surface area contributed by atoms with E-state index in [-0.39, 0.29) is 29.6 Å². The van der Waals surface area contributed by atoms with Crippen LogP contribution in [0, 0.1) is 11.7 Å². The van der Waals surface area contributed by atoms with Gasteiger partial charge >= 0.3 is 0 Å². The molecule has 1 aliphatic rings. The summed E-state index contributed by atoms with van der Waals surface area (Å²) in [6.07, 6.45) is 3.42. The van der Waals surface area contributed by atoms with Crippen molar-refractivity contribution in [1.29, 1.82) is 0 Å². The fourth-order valence-corrected chi connectivity index (χ4v) is 6.05. The molecule has 1 amide bonds. The van der Waals surface area contributed by atoms with E-state index in [4.69, 9.17) is 4.74 Å². The number of halogens is 1. The van der Waals surface area contributed by atoms with Crippen molar-refractivity contribution < 1.29 is 22.3 Å². The molecule has 3 N–H and O–H groups in total. The number of rotatable bonds is 10. The molecule has 1 fully saturated rings. The van der Waals surface area contributed by atoms with Gasteiger partial charge in [0, 0.05) is 12.1 Å². The summed E-state index contributed by atoms with van der Waals surface area (Å²) in [5.41, 5.74) is 1.77. The summed E-state index contributed by atoms with van der Waals surface area (Å²) in [5, 5.41) is 3.22. The highest BCUT2D eigenvalue weighted by molar-refractivity contribution is 7.90. The average molecular weight is 526 g/mol. The van der Waals surface area contributed by atoms with Crippen molar-refractivity contribution in [3.63, 3.8) is 0 Å². The molecule has 37 heavy (non-hydrogen) atoms. The molecular weight excluding hydrogens is 493 g/mol. The second-order valence-electron chi connectivity index (χ2n) is 9.32. The van der Waals surface area contributed by atoms with Gasteiger partial charge in [-0.2, -0.15) is 13.1 Å². The van der Waals surface area contributed by atoms with Gasteiger partial charge in [0.2, 0.25) is 0 Å². The van der Waals surface area contributed by atoms with Gasteiger partial charge < -0.3 is 10.1 Å². The number of para-hydroxylation sites is 1. The minimum absolute atomic E-state index is 0.122. The number of nitrogens with one attached hydrogen (secondary N) is 3. The van der Waals surface area contributed by atoms with Crippen molar-refractivity contribution in [1.82, 2.24) is 10.0 Å². The summed E-state index contributed by atoms with van der Waals surface area (Å²) in [6.45, 7) is 0. The molecule has 3 aromatic carbocycles. The molecular formula is C28H32FN3O4S. The zero-order chi connectivity index (χ0) is 26.3. The van der Waals surface area contributed by atoms with E-state index in [0.29, 0.717) is 30.6 Å². The Bertz CT molecular complexity index is 1300. The Balaban J connectivity index is 1.41. The number of hydrogen-bond donors (Lipinski definition) is 3. The van der Waals surface area contributed by atoms with Gasteiger partial charge in [-0.05, 0) is 73.9 Å². The predicted molar refractivity (Wildman–Crippen MR) is 142 cm³/mol. The molecule has 0 aromatic heterocycles. The van der Waals surface area contributed by atoms with Crippen LogP contribution in [0.3, 0.4) is 0 Å². The maximum Gasteiger partial charge on any atom is 0.299 e. The summed E-state index contributed by atoms with van der Waals surface area (Å²) in [5.74, 6) is -0.0148. The normalized spacial score (nSPS) is 18.5. The number of hydrogen-bond acceptors (Lipinski definition) is 4. The maximum absolute atomic E-state index is 13.4. The number of carbonyl (C=O) groups is 1. The van der Waals surface area contributed by atoms with E-state index in [0.717, 1.165) is 24.5 Å². The lowest BCUT2D eigenvalue weighted by atomic mass is 9.79. The third-order valence-electron chi connectivity index (χ3n) is 6.71. The van der Waals surface area contributed by atoms with Crippen molar-refractivity contribution in [2.75, 3.05) is 11.8 Å². The number of carbonyl (C=O) groups excluding carboxylic acids is 1. The van der Waals surface area contributed by atoms with Crippen LogP contribution in [0.25, 0.3) is 0 Å². The van der Waals surface area contributed by atoms with Crippen LogP contribution in [0.1, 0.15) is 41.6 Å². The molecule has 1 saturated carbocycles. The molecule has 1 unspecified atom stereocenters. The predicted octanol–water partition coefficient (Wildman–Crippen LogP) is 4.68. The molecule has 196 valence electrons. The zero-order valence-corrected chi connectivity index (χ0v) is 21.5. The second-order valence-corrected chi connectivity index (χ2v) is 10.8. The Hall–Kier alpha value is -3.43. The van der Waals surface area contributed by atoms with Gasteiger partial charge in [-0.25, -0.2) is 4.39 Å². The standard InChI is InChI=1S/C28H32FN3O4S/c1-36-27-13-6-5-12-25(27)28(33)30-26(18-20-8-3-2-4-9-20)21-14-16-23(17-15-21)31-37(34,35)32-24-11-7-10-22(29)19-24/h2-13,19,21,23,26,31-32H,14-18H2,1H3,(H,30,33). The van der Waals surface area contributed by atoms with Crippen molar-refractivity contribution in [2.45, 2.75) is 44.2 Å². The van der Waals surface area contributed by atoms with Gasteiger partial charge in [-0.1, -0.05) is 48.5 Å². The van der Waals surface area contributed by atoms with Crippen LogP contribution in [0.5, 0.6) is 5.75 Å². The van der Waals surface area contributed by atoms with Crippen LogP contribution in [0.4, 0.5) is 10.1 Å². The fraction of sp³-hybridized carbons (Fsp3) is 0.321. The van der Waals surface area contributed by atoms with E-state index in [1.54, 1.807) is 25.3 Å². The lowest BCUT2D eigenvalue weighted by Crippen LogP contribution is -2.46. The summed E-state index contributed by atoms with van der Waals surface area (Å²) in [6, 6.07) is 22.1. The SMILES string of the molecule is COc1ccccc1C(=O)NC(Cc1ccccc1)C1CCC(NS(=O)(=O)Nc2cccc(F)c2)CC1. The number of methoxy groups -OCH3 is 1. The highest BCUT2D eigenvalue weighted by Gasteiger charge is 2.31. The van der Waals surface area contributed by atoms with E-state index < -0.39 is 16.0 Å². The third-order valence-corrected chi connectivity index (χ3v) is 7.85. The first-order valence-corrected chi connectivity index (χ1v) is 13.8. The van der Waals surface area contributed by atoms with Crippen LogP contribution in [0.2, 0.25) is 0 Å². The number of amides is 1. The highest BCUT2D eigenvalue weighted by atomic mass is 32.2. The van der Waals surface area contributed by atoms with Crippen molar-refractivity contribution in [3.8, 4) is 5.75 Å². The van der Waals surface area contributed by atoms with E-state index in [1.807, 2.05) is 36.4 Å². The minimum atomic E-state index is -3.85. The minimum Gasteiger partial charge on any atom is -0.496 e. The average Bonchev–Trinajstić information content (AvgIpc) is 2.89. The van der Waals surface area contributed by atoms with Crippen molar-refractivity contribution >= 4 is 21.8 Å². The Morgan fingerprint density at radius 3 is 2.38 bits per heavy atom. The lowest BCUT2D eigenvalue weighted by molar-refractivity contribution is 0.0908. The largest absolute Gasteiger partial charge is 0.496 e. The second kappa shape index (κ2) is 12.2. The quantitative estimate of drug-likeness (QED) is 0.358. The molecule has 1 aliphatic carbocycles. The Morgan fingerprint density at radius 2 is 1.68 bits per heavy atom. The number of ether oxygens (including phenoxy) is 1. The summed E-state index contributed by atoms with van der Waals surface area (Å²) in [7, 11) is -2.31. The number of benzene rings is 3. The molecule has 4 rings (SSSR count). The van der Waals surface area contributed by atoms with Crippen LogP contribution < -0.4 is 19.5 Å². The molecule has 0 heterocycles. The van der Waals surface area contributed by atoms with Crippen LogP contribution >= 0.6 is 0 Å². The Kier molecular flexibility index (Phi) is 8.78. The van der Waals surface area contributed by atoms with E-state index >= 15 is 0 Å². The van der Waals surface area contributed by atoms with Crippen LogP contribution in [0.15, 0.2) is 78.9 Å². The third kappa shape index (κ3) is 7.53. The molecule has 1 atom stereocenters. The first kappa shape index (κ1) is 26.6. The molecule has 0 radical (unpaired) electrons. The smallest absolute Gasteiger partial charge is 0.299 e. The van der Waals surface area contributed by atoms with Crippen LogP contribution in [-0.2, 0) is 16.6 Å². The topological polar surface area (TPSA) is 96.5 Å². The van der Waals surface area contributed by atoms with Gasteiger partial charge in [0.15, 0.2) is 0 Å².